The second-order valence-corrected chi connectivity index (χ2v) is 9.90. The van der Waals surface area contributed by atoms with E-state index in [2.05, 4.69) is 16.8 Å². The Kier molecular flexibility index (Phi) is 7.92. The number of carbonyl (C=O) groups is 2. The highest BCUT2D eigenvalue weighted by atomic mass is 16.5. The molecule has 8 nitrogen and oxygen atoms in total. The van der Waals surface area contributed by atoms with Crippen molar-refractivity contribution in [3.05, 3.63) is 58.8 Å². The third-order valence-electron chi connectivity index (χ3n) is 6.70. The largest absolute Gasteiger partial charge is 0.478 e. The molecule has 0 bridgehead atoms. The van der Waals surface area contributed by atoms with Crippen LogP contribution in [0.2, 0.25) is 0 Å². The van der Waals surface area contributed by atoms with E-state index in [0.29, 0.717) is 42.2 Å². The lowest BCUT2D eigenvalue weighted by Crippen LogP contribution is -2.49. The highest BCUT2D eigenvalue weighted by molar-refractivity contribution is 5.97. The predicted octanol–water partition coefficient (Wildman–Crippen LogP) is 2.89. The number of carboxylic acids is 1. The van der Waals surface area contributed by atoms with Crippen LogP contribution in [-0.4, -0.2) is 75.8 Å². The van der Waals surface area contributed by atoms with E-state index >= 15 is 0 Å². The van der Waals surface area contributed by atoms with Gasteiger partial charge in [0.05, 0.1) is 18.2 Å². The molecule has 2 heterocycles. The number of amides is 1. The minimum atomic E-state index is -0.958. The van der Waals surface area contributed by atoms with E-state index in [1.54, 1.807) is 29.3 Å². The number of likely N-dealkylation sites (N-methyl/N-ethyl adjacent to an activating group) is 1. The molecule has 2 N–H and O–H groups in total. The summed E-state index contributed by atoms with van der Waals surface area (Å²) in [5.74, 6) is 5.75. The van der Waals surface area contributed by atoms with Crippen LogP contribution in [0.15, 0.2) is 36.5 Å². The molecule has 1 aliphatic carbocycles. The molecule has 1 fully saturated rings. The Balaban J connectivity index is 1.60. The van der Waals surface area contributed by atoms with Crippen LogP contribution in [0.3, 0.4) is 0 Å². The van der Waals surface area contributed by atoms with E-state index in [1.165, 1.54) is 0 Å². The van der Waals surface area contributed by atoms with Crippen LogP contribution >= 0.6 is 0 Å². The third-order valence-corrected chi connectivity index (χ3v) is 6.70. The molecule has 1 aromatic heterocycles. The SMILES string of the molecule is C[C@@H]1CN([C@@H](C)CO)C(=O)c2cc(C#CC3CC3)cnc2O[C@H]1CN(C)Cc1ccccc1C(=O)O. The number of carboxylic acid groups (broad SMARTS) is 1. The van der Waals surface area contributed by atoms with Gasteiger partial charge < -0.3 is 19.8 Å². The second-order valence-electron chi connectivity index (χ2n) is 9.90. The number of hydrogen-bond donors (Lipinski definition) is 2. The normalized spacial score (nSPS) is 20.5. The maximum absolute atomic E-state index is 13.5. The Morgan fingerprint density at radius 1 is 1.33 bits per heavy atom. The van der Waals surface area contributed by atoms with Crippen molar-refractivity contribution >= 4 is 11.9 Å². The molecular formula is C28H33N3O5. The van der Waals surface area contributed by atoms with E-state index in [1.807, 2.05) is 37.9 Å². The standard InChI is InChI=1S/C28H33N3O5/c1-18-14-31(19(2)17-32)27(33)24-12-21(11-10-20-8-9-20)13-29-26(24)36-25(18)16-30(3)15-22-6-4-5-7-23(22)28(34)35/h4-7,12-13,18-20,25,32H,8-9,14-17H2,1-3H3,(H,34,35)/t18-,19+,25+/m1/s1. The first-order valence-corrected chi connectivity index (χ1v) is 12.4. The molecule has 2 aromatic rings. The quantitative estimate of drug-likeness (QED) is 0.574. The van der Waals surface area contributed by atoms with Gasteiger partial charge >= 0.3 is 5.97 Å². The zero-order valence-corrected chi connectivity index (χ0v) is 21.0. The summed E-state index contributed by atoms with van der Waals surface area (Å²) >= 11 is 0. The minimum absolute atomic E-state index is 0.0654. The Morgan fingerprint density at radius 2 is 2.08 bits per heavy atom. The number of rotatable bonds is 7. The summed E-state index contributed by atoms with van der Waals surface area (Å²) in [7, 11) is 1.91. The lowest BCUT2D eigenvalue weighted by atomic mass is 9.99. The number of aliphatic hydroxyl groups excluding tert-OH is 1. The lowest BCUT2D eigenvalue weighted by molar-refractivity contribution is 0.0325. The first-order valence-electron chi connectivity index (χ1n) is 12.4. The van der Waals surface area contributed by atoms with Crippen LogP contribution in [0.4, 0.5) is 0 Å². The van der Waals surface area contributed by atoms with Gasteiger partial charge in [0.15, 0.2) is 0 Å². The molecule has 0 saturated heterocycles. The highest BCUT2D eigenvalue weighted by Gasteiger charge is 2.34. The third kappa shape index (κ3) is 6.04. The second kappa shape index (κ2) is 11.1. The number of aromatic carboxylic acids is 1. The van der Waals surface area contributed by atoms with Gasteiger partial charge in [-0.1, -0.05) is 37.0 Å². The van der Waals surface area contributed by atoms with Crippen LogP contribution in [-0.2, 0) is 6.54 Å². The Morgan fingerprint density at radius 3 is 2.78 bits per heavy atom. The van der Waals surface area contributed by atoms with E-state index in [9.17, 15) is 19.8 Å². The number of benzene rings is 1. The van der Waals surface area contributed by atoms with Gasteiger partial charge in [0, 0.05) is 43.2 Å². The van der Waals surface area contributed by atoms with Gasteiger partial charge in [-0.05, 0) is 44.5 Å². The molecule has 2 aliphatic rings. The first-order chi connectivity index (χ1) is 17.3. The fourth-order valence-corrected chi connectivity index (χ4v) is 4.33. The molecule has 36 heavy (non-hydrogen) atoms. The van der Waals surface area contributed by atoms with Gasteiger partial charge in [0.25, 0.3) is 5.91 Å². The molecule has 0 unspecified atom stereocenters. The molecule has 8 heteroatoms. The summed E-state index contributed by atoms with van der Waals surface area (Å²) in [6.07, 6.45) is 3.54. The number of ether oxygens (including phenoxy) is 1. The van der Waals surface area contributed by atoms with E-state index in [0.717, 1.165) is 12.8 Å². The van der Waals surface area contributed by atoms with E-state index in [-0.39, 0.29) is 42.0 Å². The summed E-state index contributed by atoms with van der Waals surface area (Å²) in [5.41, 5.74) is 2.00. The summed E-state index contributed by atoms with van der Waals surface area (Å²) in [4.78, 5) is 33.3. The molecule has 1 saturated carbocycles. The van der Waals surface area contributed by atoms with Crippen LogP contribution in [0.1, 0.15) is 58.5 Å². The summed E-state index contributed by atoms with van der Waals surface area (Å²) in [6.45, 7) is 5.01. The summed E-state index contributed by atoms with van der Waals surface area (Å²) in [5, 5.41) is 19.4. The smallest absolute Gasteiger partial charge is 0.336 e. The average Bonchev–Trinajstić information content (AvgIpc) is 3.69. The van der Waals surface area contributed by atoms with Crippen molar-refractivity contribution in [2.24, 2.45) is 11.8 Å². The average molecular weight is 492 g/mol. The molecule has 0 spiro atoms. The van der Waals surface area contributed by atoms with Crippen LogP contribution in [0.5, 0.6) is 5.88 Å². The molecule has 190 valence electrons. The number of aliphatic hydroxyl groups is 1. The summed E-state index contributed by atoms with van der Waals surface area (Å²) in [6, 6.07) is 8.32. The number of fused-ring (bicyclic) bond motifs is 1. The van der Waals surface area contributed by atoms with Crippen LogP contribution in [0.25, 0.3) is 0 Å². The van der Waals surface area contributed by atoms with Crippen molar-refractivity contribution in [1.29, 1.82) is 0 Å². The summed E-state index contributed by atoms with van der Waals surface area (Å²) < 4.78 is 6.33. The zero-order valence-electron chi connectivity index (χ0n) is 21.0. The Bertz CT molecular complexity index is 1180. The van der Waals surface area contributed by atoms with Crippen LogP contribution in [0, 0.1) is 23.7 Å². The maximum atomic E-state index is 13.5. The highest BCUT2D eigenvalue weighted by Crippen LogP contribution is 2.29. The zero-order chi connectivity index (χ0) is 25.8. The topological polar surface area (TPSA) is 103 Å². The van der Waals surface area contributed by atoms with Gasteiger partial charge in [-0.25, -0.2) is 9.78 Å². The van der Waals surface area contributed by atoms with Crippen molar-refractivity contribution in [2.75, 3.05) is 26.7 Å². The lowest BCUT2D eigenvalue weighted by Gasteiger charge is -2.37. The van der Waals surface area contributed by atoms with Gasteiger partial charge in [-0.2, -0.15) is 0 Å². The van der Waals surface area contributed by atoms with Crippen molar-refractivity contribution in [2.45, 2.75) is 45.4 Å². The fraction of sp³-hybridized carbons (Fsp3) is 0.464. The number of carbonyl (C=O) groups excluding carboxylic acids is 1. The molecule has 0 radical (unpaired) electrons. The number of nitrogens with zero attached hydrogens (tertiary/aromatic N) is 3. The molecule has 1 aliphatic heterocycles. The van der Waals surface area contributed by atoms with Gasteiger partial charge in [-0.3, -0.25) is 9.69 Å². The van der Waals surface area contributed by atoms with Gasteiger partial charge in [0.2, 0.25) is 5.88 Å². The predicted molar refractivity (Wildman–Crippen MR) is 135 cm³/mol. The monoisotopic (exact) mass is 491 g/mol. The van der Waals surface area contributed by atoms with Crippen LogP contribution < -0.4 is 4.74 Å². The Labute approximate surface area is 211 Å². The van der Waals surface area contributed by atoms with E-state index < -0.39 is 5.97 Å². The van der Waals surface area contributed by atoms with Gasteiger partial charge in [-0.15, -0.1) is 0 Å². The van der Waals surface area contributed by atoms with Gasteiger partial charge in [0.1, 0.15) is 11.7 Å². The molecule has 1 aromatic carbocycles. The van der Waals surface area contributed by atoms with Crippen molar-refractivity contribution in [1.82, 2.24) is 14.8 Å². The molecule has 4 rings (SSSR count). The molecular weight excluding hydrogens is 458 g/mol. The number of pyridine rings is 1. The number of hydrogen-bond acceptors (Lipinski definition) is 6. The fourth-order valence-electron chi connectivity index (χ4n) is 4.33. The van der Waals surface area contributed by atoms with E-state index in [4.69, 9.17) is 4.74 Å². The first kappa shape index (κ1) is 25.7. The maximum Gasteiger partial charge on any atom is 0.336 e. The van der Waals surface area contributed by atoms with Crippen molar-refractivity contribution in [3.63, 3.8) is 0 Å². The van der Waals surface area contributed by atoms with Crippen molar-refractivity contribution in [3.8, 4) is 17.7 Å². The Hall–Kier alpha value is -3.41. The molecule has 1 amide bonds. The minimum Gasteiger partial charge on any atom is -0.478 e. The molecule has 3 atom stereocenters. The number of aromatic nitrogens is 1. The van der Waals surface area contributed by atoms with Crippen molar-refractivity contribution < 1.29 is 24.5 Å².